The summed E-state index contributed by atoms with van der Waals surface area (Å²) in [6.07, 6.45) is 3.55. The van der Waals surface area contributed by atoms with Crippen LogP contribution in [-0.2, 0) is 9.59 Å². The van der Waals surface area contributed by atoms with E-state index in [9.17, 15) is 19.5 Å². The molecule has 0 radical (unpaired) electrons. The van der Waals surface area contributed by atoms with Gasteiger partial charge in [0.2, 0.25) is 5.91 Å². The van der Waals surface area contributed by atoms with Crippen molar-refractivity contribution >= 4 is 23.5 Å². The molecule has 2 amide bonds. The fourth-order valence-electron chi connectivity index (χ4n) is 3.29. The number of ether oxygens (including phenoxy) is 1. The number of hydrogen-bond donors (Lipinski definition) is 3. The number of hydrogen-bond acceptors (Lipinski definition) is 4. The molecule has 3 N–H and O–H groups in total. The molecule has 0 aliphatic heterocycles. The molecule has 7 heteroatoms. The highest BCUT2D eigenvalue weighted by Gasteiger charge is 2.41. The summed E-state index contributed by atoms with van der Waals surface area (Å²) < 4.78 is 5.21. The Bertz CT molecular complexity index is 665. The van der Waals surface area contributed by atoms with Crippen molar-refractivity contribution in [2.24, 2.45) is 5.41 Å². The van der Waals surface area contributed by atoms with E-state index in [1.807, 2.05) is 0 Å². The van der Waals surface area contributed by atoms with Gasteiger partial charge in [-0.2, -0.15) is 0 Å². The summed E-state index contributed by atoms with van der Waals surface area (Å²) >= 11 is 0. The van der Waals surface area contributed by atoms with Gasteiger partial charge in [-0.15, -0.1) is 0 Å². The number of carbonyl (C=O) groups is 3. The van der Waals surface area contributed by atoms with Crippen LogP contribution in [0, 0.1) is 5.41 Å². The number of amides is 2. The molecule has 7 nitrogen and oxygen atoms in total. The summed E-state index contributed by atoms with van der Waals surface area (Å²) in [6.45, 7) is 0. The molecular formula is C18H24N2O5. The van der Waals surface area contributed by atoms with Crippen LogP contribution in [0.25, 0.3) is 0 Å². The van der Waals surface area contributed by atoms with Crippen LogP contribution in [0.15, 0.2) is 18.2 Å². The van der Waals surface area contributed by atoms with E-state index in [4.69, 9.17) is 4.74 Å². The van der Waals surface area contributed by atoms with E-state index in [0.29, 0.717) is 29.8 Å². The van der Waals surface area contributed by atoms with Gasteiger partial charge in [0.15, 0.2) is 0 Å². The maximum Gasteiger partial charge on any atom is 0.310 e. The Morgan fingerprint density at radius 1 is 1.20 bits per heavy atom. The quantitative estimate of drug-likeness (QED) is 0.732. The third-order valence-electron chi connectivity index (χ3n) is 4.73. The molecule has 1 aromatic rings. The maximum atomic E-state index is 12.5. The predicted octanol–water partition coefficient (Wildman–Crippen LogP) is 2.42. The highest BCUT2D eigenvalue weighted by Crippen LogP contribution is 2.40. The van der Waals surface area contributed by atoms with Crippen molar-refractivity contribution in [3.63, 3.8) is 0 Å². The first-order valence-electron chi connectivity index (χ1n) is 8.35. The Labute approximate surface area is 146 Å². The number of nitrogens with one attached hydrogen (secondary N) is 2. The number of anilines is 1. The molecule has 0 saturated heterocycles. The van der Waals surface area contributed by atoms with Crippen molar-refractivity contribution in [1.82, 2.24) is 5.32 Å². The van der Waals surface area contributed by atoms with Crippen molar-refractivity contribution < 1.29 is 24.2 Å². The molecule has 0 heterocycles. The van der Waals surface area contributed by atoms with E-state index in [1.165, 1.54) is 20.2 Å². The van der Waals surface area contributed by atoms with Crippen molar-refractivity contribution in [2.45, 2.75) is 38.5 Å². The second-order valence-electron chi connectivity index (χ2n) is 6.37. The summed E-state index contributed by atoms with van der Waals surface area (Å²) in [5.41, 5.74) is -0.275. The van der Waals surface area contributed by atoms with E-state index in [2.05, 4.69) is 10.6 Å². The van der Waals surface area contributed by atoms with Gasteiger partial charge in [-0.3, -0.25) is 14.4 Å². The Kier molecular flexibility index (Phi) is 6.01. The zero-order valence-corrected chi connectivity index (χ0v) is 14.6. The number of benzene rings is 1. The summed E-state index contributed by atoms with van der Waals surface area (Å²) in [4.78, 5) is 36.0. The second kappa shape index (κ2) is 8.00. The molecule has 1 aliphatic carbocycles. The Morgan fingerprint density at radius 3 is 2.44 bits per heavy atom. The Balaban J connectivity index is 2.18. The number of rotatable bonds is 6. The molecule has 2 rings (SSSR count). The minimum absolute atomic E-state index is 0.0876. The smallest absolute Gasteiger partial charge is 0.310 e. The first-order chi connectivity index (χ1) is 11.9. The molecule has 1 fully saturated rings. The van der Waals surface area contributed by atoms with E-state index in [-0.39, 0.29) is 12.3 Å². The first kappa shape index (κ1) is 18.8. The van der Waals surface area contributed by atoms with E-state index < -0.39 is 17.3 Å². The minimum Gasteiger partial charge on any atom is -0.495 e. The third kappa shape index (κ3) is 4.29. The highest BCUT2D eigenvalue weighted by molar-refractivity contribution is 5.99. The number of carboxylic acid groups (broad SMARTS) is 1. The lowest BCUT2D eigenvalue weighted by Gasteiger charge is -2.32. The highest BCUT2D eigenvalue weighted by atomic mass is 16.5. The summed E-state index contributed by atoms with van der Waals surface area (Å²) in [6, 6.07) is 4.70. The number of methoxy groups -OCH3 is 1. The largest absolute Gasteiger partial charge is 0.495 e. The van der Waals surface area contributed by atoms with Crippen LogP contribution in [0.4, 0.5) is 5.69 Å². The van der Waals surface area contributed by atoms with Gasteiger partial charge in [-0.25, -0.2) is 0 Å². The molecule has 0 bridgehead atoms. The second-order valence-corrected chi connectivity index (χ2v) is 6.37. The van der Waals surface area contributed by atoms with Crippen LogP contribution in [0.2, 0.25) is 0 Å². The van der Waals surface area contributed by atoms with E-state index in [0.717, 1.165) is 19.3 Å². The van der Waals surface area contributed by atoms with E-state index >= 15 is 0 Å². The van der Waals surface area contributed by atoms with Crippen molar-refractivity contribution in [2.75, 3.05) is 19.5 Å². The molecule has 0 atom stereocenters. The molecule has 0 spiro atoms. The summed E-state index contributed by atoms with van der Waals surface area (Å²) in [5, 5.41) is 14.8. The van der Waals surface area contributed by atoms with Crippen LogP contribution in [0.3, 0.4) is 0 Å². The first-order valence-corrected chi connectivity index (χ1v) is 8.35. The van der Waals surface area contributed by atoms with Crippen molar-refractivity contribution in [3.05, 3.63) is 23.8 Å². The van der Waals surface area contributed by atoms with Crippen LogP contribution in [0.5, 0.6) is 5.75 Å². The SMILES string of the molecule is CNC(=O)c1ccc(OC)c(NC(=O)CC2(C(=O)O)CCCCC2)c1. The molecule has 25 heavy (non-hydrogen) atoms. The Hall–Kier alpha value is -2.57. The average molecular weight is 348 g/mol. The summed E-state index contributed by atoms with van der Waals surface area (Å²) in [5.74, 6) is -1.19. The van der Waals surface area contributed by atoms with Crippen LogP contribution < -0.4 is 15.4 Å². The third-order valence-corrected chi connectivity index (χ3v) is 4.73. The zero-order chi connectivity index (χ0) is 18.4. The van der Waals surface area contributed by atoms with Gasteiger partial charge >= 0.3 is 5.97 Å². The van der Waals surface area contributed by atoms with Crippen molar-refractivity contribution in [1.29, 1.82) is 0 Å². The van der Waals surface area contributed by atoms with Gasteiger partial charge in [0.1, 0.15) is 5.75 Å². The average Bonchev–Trinajstić information content (AvgIpc) is 2.61. The van der Waals surface area contributed by atoms with Gasteiger partial charge in [0, 0.05) is 19.0 Å². The lowest BCUT2D eigenvalue weighted by Crippen LogP contribution is -2.37. The molecule has 136 valence electrons. The molecular weight excluding hydrogens is 324 g/mol. The monoisotopic (exact) mass is 348 g/mol. The van der Waals surface area contributed by atoms with Crippen LogP contribution in [-0.4, -0.2) is 37.0 Å². The molecule has 1 saturated carbocycles. The zero-order valence-electron chi connectivity index (χ0n) is 14.6. The van der Waals surface area contributed by atoms with Crippen molar-refractivity contribution in [3.8, 4) is 5.75 Å². The fraction of sp³-hybridized carbons (Fsp3) is 0.500. The molecule has 0 unspecified atom stereocenters. The van der Waals surface area contributed by atoms with Gasteiger partial charge in [-0.1, -0.05) is 19.3 Å². The lowest BCUT2D eigenvalue weighted by atomic mass is 9.71. The molecule has 1 aliphatic rings. The topological polar surface area (TPSA) is 105 Å². The fourth-order valence-corrected chi connectivity index (χ4v) is 3.29. The lowest BCUT2D eigenvalue weighted by molar-refractivity contribution is -0.153. The minimum atomic E-state index is -1.01. The number of carbonyl (C=O) groups excluding carboxylic acids is 2. The van der Waals surface area contributed by atoms with Crippen LogP contribution in [0.1, 0.15) is 48.9 Å². The summed E-state index contributed by atoms with van der Waals surface area (Å²) in [7, 11) is 2.98. The number of carboxylic acids is 1. The molecule has 1 aromatic carbocycles. The standard InChI is InChI=1S/C18H24N2O5/c1-19-16(22)12-6-7-14(25-2)13(10-12)20-15(21)11-18(17(23)24)8-4-3-5-9-18/h6-7,10H,3-5,8-9,11H2,1-2H3,(H,19,22)(H,20,21)(H,23,24). The van der Waals surface area contributed by atoms with Gasteiger partial charge in [-0.05, 0) is 31.0 Å². The van der Waals surface area contributed by atoms with Gasteiger partial charge in [0.25, 0.3) is 5.91 Å². The van der Waals surface area contributed by atoms with Crippen LogP contribution >= 0.6 is 0 Å². The van der Waals surface area contributed by atoms with Gasteiger partial charge in [0.05, 0.1) is 18.2 Å². The normalized spacial score (nSPS) is 15.9. The van der Waals surface area contributed by atoms with E-state index in [1.54, 1.807) is 12.1 Å². The Morgan fingerprint density at radius 2 is 1.88 bits per heavy atom. The molecule has 0 aromatic heterocycles. The number of aliphatic carboxylic acids is 1. The maximum absolute atomic E-state index is 12.5. The predicted molar refractivity (Wildman–Crippen MR) is 92.8 cm³/mol. The van der Waals surface area contributed by atoms with Gasteiger partial charge < -0.3 is 20.5 Å².